The van der Waals surface area contributed by atoms with Crippen LogP contribution < -0.4 is 5.32 Å². The van der Waals surface area contributed by atoms with Gasteiger partial charge in [0, 0.05) is 0 Å². The van der Waals surface area contributed by atoms with Crippen LogP contribution in [0.4, 0.5) is 0 Å². The third-order valence-electron chi connectivity index (χ3n) is 4.08. The van der Waals surface area contributed by atoms with Crippen LogP contribution in [0.5, 0.6) is 5.75 Å². The first-order valence-corrected chi connectivity index (χ1v) is 5.90. The summed E-state index contributed by atoms with van der Waals surface area (Å²) in [6.45, 7) is 2.07. The third-order valence-corrected chi connectivity index (χ3v) is 4.08. The number of aromatic hydroxyl groups is 1. The molecule has 3 N–H and O–H groups in total. The van der Waals surface area contributed by atoms with Gasteiger partial charge in [0.2, 0.25) is 0 Å². The molecule has 2 aliphatic rings. The van der Waals surface area contributed by atoms with Crippen molar-refractivity contribution in [3.8, 4) is 5.75 Å². The molecule has 2 unspecified atom stereocenters. The lowest BCUT2D eigenvalue weighted by atomic mass is 9.90. The summed E-state index contributed by atoms with van der Waals surface area (Å²) in [4.78, 5) is 0. The zero-order valence-corrected chi connectivity index (χ0v) is 9.19. The van der Waals surface area contributed by atoms with Crippen molar-refractivity contribution >= 4 is 0 Å². The highest BCUT2D eigenvalue weighted by molar-refractivity contribution is 5.31. The Morgan fingerprint density at radius 1 is 1.06 bits per heavy atom. The van der Waals surface area contributed by atoms with Gasteiger partial charge in [-0.2, -0.15) is 0 Å². The summed E-state index contributed by atoms with van der Waals surface area (Å²) in [5, 5.41) is 23.3. The number of hydrogen-bond acceptors (Lipinski definition) is 3. The second-order valence-corrected chi connectivity index (χ2v) is 5.17. The minimum Gasteiger partial charge on any atom is -0.508 e. The lowest BCUT2D eigenvalue weighted by molar-refractivity contribution is 0.0358. The zero-order valence-electron chi connectivity index (χ0n) is 9.19. The highest BCUT2D eigenvalue weighted by Gasteiger charge is 2.46. The van der Waals surface area contributed by atoms with Crippen LogP contribution in [0.1, 0.15) is 18.4 Å². The van der Waals surface area contributed by atoms with Crippen LogP contribution in [0.3, 0.4) is 0 Å². The molecule has 1 heterocycles. The Labute approximate surface area is 95.1 Å². The summed E-state index contributed by atoms with van der Waals surface area (Å²) in [6, 6.07) is 6.98. The SMILES string of the molecule is Oc1ccc(C2(O)CC3CNCC3C2)cc1. The second kappa shape index (κ2) is 3.47. The maximum Gasteiger partial charge on any atom is 0.115 e. The molecule has 1 aromatic rings. The second-order valence-electron chi connectivity index (χ2n) is 5.17. The summed E-state index contributed by atoms with van der Waals surface area (Å²) < 4.78 is 0. The fourth-order valence-corrected chi connectivity index (χ4v) is 3.22. The molecular formula is C13H17NO2. The molecule has 16 heavy (non-hydrogen) atoms. The summed E-state index contributed by atoms with van der Waals surface area (Å²) in [5.41, 5.74) is 0.269. The van der Waals surface area contributed by atoms with E-state index in [0.717, 1.165) is 31.5 Å². The molecule has 3 rings (SSSR count). The van der Waals surface area contributed by atoms with Gasteiger partial charge in [0.1, 0.15) is 5.75 Å². The van der Waals surface area contributed by atoms with E-state index in [2.05, 4.69) is 5.32 Å². The van der Waals surface area contributed by atoms with E-state index in [4.69, 9.17) is 0 Å². The number of phenols is 1. The largest absolute Gasteiger partial charge is 0.508 e. The molecule has 0 amide bonds. The molecule has 0 aromatic heterocycles. The Bertz CT molecular complexity index is 375. The summed E-state index contributed by atoms with van der Waals surface area (Å²) in [7, 11) is 0. The monoisotopic (exact) mass is 219 g/mol. The van der Waals surface area contributed by atoms with Crippen LogP contribution in [0.2, 0.25) is 0 Å². The van der Waals surface area contributed by atoms with Crippen molar-refractivity contribution in [3.05, 3.63) is 29.8 Å². The van der Waals surface area contributed by atoms with Gasteiger partial charge in [0.15, 0.2) is 0 Å². The van der Waals surface area contributed by atoms with Gasteiger partial charge in [-0.05, 0) is 55.5 Å². The molecule has 1 aliphatic carbocycles. The molecule has 86 valence electrons. The minimum absolute atomic E-state index is 0.257. The van der Waals surface area contributed by atoms with E-state index >= 15 is 0 Å². The summed E-state index contributed by atoms with van der Waals surface area (Å²) >= 11 is 0. The molecule has 3 heteroatoms. The normalized spacial score (nSPS) is 37.6. The van der Waals surface area contributed by atoms with Gasteiger partial charge in [-0.1, -0.05) is 12.1 Å². The maximum atomic E-state index is 10.6. The first-order valence-electron chi connectivity index (χ1n) is 5.90. The highest BCUT2D eigenvalue weighted by Crippen LogP contribution is 2.47. The van der Waals surface area contributed by atoms with Crippen LogP contribution in [0.15, 0.2) is 24.3 Å². The van der Waals surface area contributed by atoms with Crippen LogP contribution in [-0.2, 0) is 5.60 Å². The van der Waals surface area contributed by atoms with E-state index in [1.54, 1.807) is 12.1 Å². The lowest BCUT2D eigenvalue weighted by Gasteiger charge is -2.24. The molecule has 0 bridgehead atoms. The number of phenolic OH excluding ortho intramolecular Hbond substituents is 1. The Morgan fingerprint density at radius 2 is 1.62 bits per heavy atom. The van der Waals surface area contributed by atoms with E-state index < -0.39 is 5.60 Å². The van der Waals surface area contributed by atoms with Crippen molar-refractivity contribution in [2.24, 2.45) is 11.8 Å². The molecule has 2 fully saturated rings. The van der Waals surface area contributed by atoms with Gasteiger partial charge >= 0.3 is 0 Å². The van der Waals surface area contributed by atoms with Crippen LogP contribution in [0.25, 0.3) is 0 Å². The van der Waals surface area contributed by atoms with Crippen molar-refractivity contribution in [2.45, 2.75) is 18.4 Å². The topological polar surface area (TPSA) is 52.5 Å². The fraction of sp³-hybridized carbons (Fsp3) is 0.538. The van der Waals surface area contributed by atoms with Crippen LogP contribution in [0, 0.1) is 11.8 Å². The van der Waals surface area contributed by atoms with Gasteiger partial charge in [-0.3, -0.25) is 0 Å². The zero-order chi connectivity index (χ0) is 11.2. The molecule has 0 spiro atoms. The average Bonchev–Trinajstić information content (AvgIpc) is 2.77. The molecule has 2 atom stereocenters. The van der Waals surface area contributed by atoms with E-state index in [1.807, 2.05) is 12.1 Å². The van der Waals surface area contributed by atoms with E-state index in [0.29, 0.717) is 11.8 Å². The maximum absolute atomic E-state index is 10.6. The van der Waals surface area contributed by atoms with Crippen molar-refractivity contribution < 1.29 is 10.2 Å². The van der Waals surface area contributed by atoms with Gasteiger partial charge in [0.25, 0.3) is 0 Å². The molecule has 1 aliphatic heterocycles. The Hall–Kier alpha value is -1.06. The highest BCUT2D eigenvalue weighted by atomic mass is 16.3. The van der Waals surface area contributed by atoms with Crippen molar-refractivity contribution in [1.29, 1.82) is 0 Å². The Morgan fingerprint density at radius 3 is 2.19 bits per heavy atom. The van der Waals surface area contributed by atoms with Crippen LogP contribution in [-0.4, -0.2) is 23.3 Å². The minimum atomic E-state index is -0.675. The number of rotatable bonds is 1. The van der Waals surface area contributed by atoms with Gasteiger partial charge in [0.05, 0.1) is 5.60 Å². The Balaban J connectivity index is 1.86. The number of aliphatic hydroxyl groups is 1. The first-order chi connectivity index (χ1) is 7.67. The van der Waals surface area contributed by atoms with Crippen molar-refractivity contribution in [2.75, 3.05) is 13.1 Å². The summed E-state index contributed by atoms with van der Waals surface area (Å²) in [6.07, 6.45) is 1.69. The fourth-order valence-electron chi connectivity index (χ4n) is 3.22. The standard InChI is InChI=1S/C13H17NO2/c15-12-3-1-11(2-4-12)13(16)5-9-7-14-8-10(9)6-13/h1-4,9-10,14-16H,5-8H2. The van der Waals surface area contributed by atoms with Crippen molar-refractivity contribution in [3.63, 3.8) is 0 Å². The van der Waals surface area contributed by atoms with Gasteiger partial charge < -0.3 is 15.5 Å². The van der Waals surface area contributed by atoms with Crippen LogP contribution >= 0.6 is 0 Å². The van der Waals surface area contributed by atoms with Gasteiger partial charge in [-0.25, -0.2) is 0 Å². The van der Waals surface area contributed by atoms with E-state index in [9.17, 15) is 10.2 Å². The average molecular weight is 219 g/mol. The van der Waals surface area contributed by atoms with Gasteiger partial charge in [-0.15, -0.1) is 0 Å². The third kappa shape index (κ3) is 1.51. The van der Waals surface area contributed by atoms with E-state index in [-0.39, 0.29) is 5.75 Å². The molecule has 1 saturated carbocycles. The predicted molar refractivity (Wildman–Crippen MR) is 61.1 cm³/mol. The first kappa shape index (κ1) is 10.1. The van der Waals surface area contributed by atoms with E-state index in [1.165, 1.54) is 0 Å². The van der Waals surface area contributed by atoms with Crippen molar-refractivity contribution in [1.82, 2.24) is 5.32 Å². The molecular weight excluding hydrogens is 202 g/mol. The number of benzene rings is 1. The lowest BCUT2D eigenvalue weighted by Crippen LogP contribution is -2.25. The molecule has 0 radical (unpaired) electrons. The molecule has 3 nitrogen and oxygen atoms in total. The number of nitrogens with one attached hydrogen (secondary N) is 1. The number of fused-ring (bicyclic) bond motifs is 1. The Kier molecular flexibility index (Phi) is 2.19. The quantitative estimate of drug-likeness (QED) is 0.665. The summed E-state index contributed by atoms with van der Waals surface area (Å²) in [5.74, 6) is 1.48. The predicted octanol–water partition coefficient (Wildman–Crippen LogP) is 1.21. The number of hydrogen-bond donors (Lipinski definition) is 3. The molecule has 1 saturated heterocycles. The molecule has 1 aromatic carbocycles. The smallest absolute Gasteiger partial charge is 0.115 e.